The van der Waals surface area contributed by atoms with E-state index >= 15 is 0 Å². The SMILES string of the molecule is N#Cc1cccc(C(=O)Nc2ccc3[nH]nc(-c4cnco4)c3c2)c1F. The number of nitriles is 1. The van der Waals surface area contributed by atoms with Gasteiger partial charge >= 0.3 is 0 Å². The summed E-state index contributed by atoms with van der Waals surface area (Å²) in [5.41, 5.74) is 1.35. The van der Waals surface area contributed by atoms with Gasteiger partial charge in [-0.3, -0.25) is 9.89 Å². The monoisotopic (exact) mass is 347 g/mol. The van der Waals surface area contributed by atoms with Crippen molar-refractivity contribution in [1.82, 2.24) is 15.2 Å². The van der Waals surface area contributed by atoms with Crippen molar-refractivity contribution in [3.8, 4) is 17.5 Å². The van der Waals surface area contributed by atoms with Crippen molar-refractivity contribution in [1.29, 1.82) is 5.26 Å². The Hall–Kier alpha value is -3.99. The highest BCUT2D eigenvalue weighted by Gasteiger charge is 2.16. The van der Waals surface area contributed by atoms with Gasteiger partial charge in [0.1, 0.15) is 11.8 Å². The van der Waals surface area contributed by atoms with Gasteiger partial charge in [0.25, 0.3) is 5.91 Å². The van der Waals surface area contributed by atoms with Crippen LogP contribution in [0.2, 0.25) is 0 Å². The fourth-order valence-electron chi connectivity index (χ4n) is 2.60. The van der Waals surface area contributed by atoms with Gasteiger partial charge in [-0.1, -0.05) is 6.07 Å². The second kappa shape index (κ2) is 6.14. The molecular formula is C18H10FN5O2. The molecule has 126 valence electrons. The lowest BCUT2D eigenvalue weighted by Crippen LogP contribution is -2.14. The van der Waals surface area contributed by atoms with Crippen molar-refractivity contribution in [2.24, 2.45) is 0 Å². The molecule has 0 unspecified atom stereocenters. The molecule has 4 aromatic rings. The van der Waals surface area contributed by atoms with Crippen molar-refractivity contribution in [2.75, 3.05) is 5.32 Å². The van der Waals surface area contributed by atoms with E-state index in [-0.39, 0.29) is 11.1 Å². The summed E-state index contributed by atoms with van der Waals surface area (Å²) < 4.78 is 19.4. The first-order chi connectivity index (χ1) is 12.7. The molecule has 2 aromatic carbocycles. The second-order valence-corrected chi connectivity index (χ2v) is 5.43. The smallest absolute Gasteiger partial charge is 0.258 e. The van der Waals surface area contributed by atoms with E-state index in [1.807, 2.05) is 0 Å². The van der Waals surface area contributed by atoms with Gasteiger partial charge in [-0.15, -0.1) is 0 Å². The van der Waals surface area contributed by atoms with Gasteiger partial charge in [-0.25, -0.2) is 9.37 Å². The second-order valence-electron chi connectivity index (χ2n) is 5.43. The maximum Gasteiger partial charge on any atom is 0.258 e. The van der Waals surface area contributed by atoms with Crippen LogP contribution in [0.5, 0.6) is 0 Å². The summed E-state index contributed by atoms with van der Waals surface area (Å²) in [6.07, 6.45) is 2.83. The quantitative estimate of drug-likeness (QED) is 0.590. The Balaban J connectivity index is 1.69. The van der Waals surface area contributed by atoms with Crippen LogP contribution in [0.4, 0.5) is 10.1 Å². The first-order valence-electron chi connectivity index (χ1n) is 7.54. The first-order valence-corrected chi connectivity index (χ1v) is 7.54. The molecule has 2 aromatic heterocycles. The van der Waals surface area contributed by atoms with Crippen LogP contribution in [-0.2, 0) is 0 Å². The van der Waals surface area contributed by atoms with Crippen molar-refractivity contribution < 1.29 is 13.6 Å². The number of aromatic nitrogens is 3. The maximum atomic E-state index is 14.2. The highest BCUT2D eigenvalue weighted by Crippen LogP contribution is 2.28. The van der Waals surface area contributed by atoms with Crippen LogP contribution in [-0.4, -0.2) is 21.1 Å². The normalized spacial score (nSPS) is 10.6. The third kappa shape index (κ3) is 2.57. The number of oxazole rings is 1. The van der Waals surface area contributed by atoms with Crippen molar-refractivity contribution >= 4 is 22.5 Å². The van der Waals surface area contributed by atoms with E-state index in [9.17, 15) is 9.18 Å². The van der Waals surface area contributed by atoms with E-state index in [0.29, 0.717) is 22.5 Å². The summed E-state index contributed by atoms with van der Waals surface area (Å²) in [4.78, 5) is 16.2. The molecule has 4 rings (SSSR count). The summed E-state index contributed by atoms with van der Waals surface area (Å²) in [5, 5.41) is 19.3. The summed E-state index contributed by atoms with van der Waals surface area (Å²) in [6, 6.07) is 10.9. The number of carbonyl (C=O) groups excluding carboxylic acids is 1. The molecule has 0 aliphatic carbocycles. The number of hydrogen-bond donors (Lipinski definition) is 2. The molecule has 26 heavy (non-hydrogen) atoms. The molecule has 2 heterocycles. The van der Waals surface area contributed by atoms with Crippen LogP contribution in [0.15, 0.2) is 53.4 Å². The summed E-state index contributed by atoms with van der Waals surface area (Å²) in [5.74, 6) is -1.02. The molecule has 7 nitrogen and oxygen atoms in total. The molecule has 0 radical (unpaired) electrons. The Labute approximate surface area is 146 Å². The van der Waals surface area contributed by atoms with E-state index in [2.05, 4.69) is 20.5 Å². The van der Waals surface area contributed by atoms with Crippen LogP contribution in [0.1, 0.15) is 15.9 Å². The topological polar surface area (TPSA) is 108 Å². The van der Waals surface area contributed by atoms with E-state index in [1.165, 1.54) is 30.8 Å². The predicted octanol–water partition coefficient (Wildman–Crippen LogP) is 3.48. The van der Waals surface area contributed by atoms with Crippen LogP contribution in [0.25, 0.3) is 22.4 Å². The van der Waals surface area contributed by atoms with Crippen LogP contribution in [0, 0.1) is 17.1 Å². The molecule has 8 heteroatoms. The lowest BCUT2D eigenvalue weighted by molar-refractivity contribution is 0.102. The Morgan fingerprint density at radius 2 is 2.19 bits per heavy atom. The van der Waals surface area contributed by atoms with Crippen LogP contribution < -0.4 is 5.32 Å². The van der Waals surface area contributed by atoms with Gasteiger partial charge in [-0.05, 0) is 30.3 Å². The standard InChI is InChI=1S/C18H10FN5O2/c19-16-10(7-20)2-1-3-12(16)18(25)22-11-4-5-14-13(6-11)17(24-23-14)15-8-21-9-26-15/h1-6,8-9H,(H,22,25)(H,23,24). The predicted molar refractivity (Wildman–Crippen MR) is 90.7 cm³/mol. The van der Waals surface area contributed by atoms with Crippen molar-refractivity contribution in [3.05, 3.63) is 65.9 Å². The van der Waals surface area contributed by atoms with E-state index in [0.717, 1.165) is 5.52 Å². The Morgan fingerprint density at radius 1 is 1.31 bits per heavy atom. The maximum absolute atomic E-state index is 14.2. The lowest BCUT2D eigenvalue weighted by Gasteiger charge is -2.07. The van der Waals surface area contributed by atoms with Gasteiger partial charge < -0.3 is 9.73 Å². The molecular weight excluding hydrogens is 337 g/mol. The fourth-order valence-corrected chi connectivity index (χ4v) is 2.60. The number of anilines is 1. The number of halogens is 1. The molecule has 1 amide bonds. The third-order valence-electron chi connectivity index (χ3n) is 3.85. The molecule has 2 N–H and O–H groups in total. The summed E-state index contributed by atoms with van der Waals surface area (Å²) >= 11 is 0. The van der Waals surface area contributed by atoms with Gasteiger partial charge in [0.2, 0.25) is 0 Å². The number of hydrogen-bond acceptors (Lipinski definition) is 5. The number of nitrogens with zero attached hydrogens (tertiary/aromatic N) is 3. The molecule has 0 spiro atoms. The number of benzene rings is 2. The van der Waals surface area contributed by atoms with E-state index in [4.69, 9.17) is 9.68 Å². The molecule has 0 saturated heterocycles. The van der Waals surface area contributed by atoms with Crippen LogP contribution >= 0.6 is 0 Å². The Bertz CT molecular complexity index is 1160. The fraction of sp³-hybridized carbons (Fsp3) is 0. The molecule has 0 fully saturated rings. The van der Waals surface area contributed by atoms with Gasteiger partial charge in [0.15, 0.2) is 18.0 Å². The zero-order valence-electron chi connectivity index (χ0n) is 13.2. The minimum Gasteiger partial charge on any atom is -0.442 e. The van der Waals surface area contributed by atoms with Crippen LogP contribution in [0.3, 0.4) is 0 Å². The largest absolute Gasteiger partial charge is 0.442 e. The average Bonchev–Trinajstić information content (AvgIpc) is 3.30. The molecule has 0 aliphatic heterocycles. The number of H-pyrrole nitrogens is 1. The average molecular weight is 347 g/mol. The van der Waals surface area contributed by atoms with Gasteiger partial charge in [0, 0.05) is 11.1 Å². The zero-order chi connectivity index (χ0) is 18.1. The molecule has 0 atom stereocenters. The van der Waals surface area contributed by atoms with Gasteiger partial charge in [-0.2, -0.15) is 10.4 Å². The summed E-state index contributed by atoms with van der Waals surface area (Å²) in [6.45, 7) is 0. The number of nitrogens with one attached hydrogen (secondary N) is 2. The lowest BCUT2D eigenvalue weighted by atomic mass is 10.1. The first kappa shape index (κ1) is 15.5. The van der Waals surface area contributed by atoms with E-state index in [1.54, 1.807) is 24.3 Å². The highest BCUT2D eigenvalue weighted by molar-refractivity contribution is 6.06. The molecule has 0 aliphatic rings. The van der Waals surface area contributed by atoms with Crippen molar-refractivity contribution in [3.63, 3.8) is 0 Å². The molecule has 0 saturated carbocycles. The number of carbonyl (C=O) groups is 1. The number of aromatic amines is 1. The number of fused-ring (bicyclic) bond motifs is 1. The number of rotatable bonds is 3. The minimum atomic E-state index is -0.848. The van der Waals surface area contributed by atoms with Crippen molar-refractivity contribution in [2.45, 2.75) is 0 Å². The highest BCUT2D eigenvalue weighted by atomic mass is 19.1. The zero-order valence-corrected chi connectivity index (χ0v) is 13.2. The van der Waals surface area contributed by atoms with Gasteiger partial charge in [0.05, 0.1) is 22.8 Å². The number of amides is 1. The summed E-state index contributed by atoms with van der Waals surface area (Å²) in [7, 11) is 0. The Morgan fingerprint density at radius 3 is 2.96 bits per heavy atom. The Kier molecular flexibility index (Phi) is 3.67. The minimum absolute atomic E-state index is 0.185. The van der Waals surface area contributed by atoms with E-state index < -0.39 is 11.7 Å². The molecule has 0 bridgehead atoms. The third-order valence-corrected chi connectivity index (χ3v) is 3.85.